The third kappa shape index (κ3) is 5.67. The maximum absolute atomic E-state index is 11.1. The number of halogens is 2. The summed E-state index contributed by atoms with van der Waals surface area (Å²) in [6, 6.07) is 8.78. The van der Waals surface area contributed by atoms with Crippen molar-refractivity contribution in [1.29, 1.82) is 0 Å². The minimum absolute atomic E-state index is 0.207. The summed E-state index contributed by atoms with van der Waals surface area (Å²) in [7, 11) is 0. The minimum atomic E-state index is -0.380. The Kier molecular flexibility index (Phi) is 7.24. The molecule has 2 heterocycles. The number of aryl methyl sites for hydroxylation is 1. The quantitative estimate of drug-likeness (QED) is 0.380. The Bertz CT molecular complexity index is 931. The normalized spacial score (nSPS) is 10.9. The van der Waals surface area contributed by atoms with E-state index in [0.29, 0.717) is 52.1 Å². The van der Waals surface area contributed by atoms with Gasteiger partial charge in [-0.2, -0.15) is 0 Å². The molecule has 0 atom stereocenters. The Labute approximate surface area is 176 Å². The molecule has 2 aromatic heterocycles. The van der Waals surface area contributed by atoms with Crippen LogP contribution in [-0.2, 0) is 17.8 Å². The SMILES string of the molecule is NC(=O)CCc1nnc(SCCOc2ccc(Cl)cc2Cl)n1Cc1ccco1. The van der Waals surface area contributed by atoms with E-state index in [-0.39, 0.29) is 12.3 Å². The fourth-order valence-corrected chi connectivity index (χ4v) is 3.68. The zero-order chi connectivity index (χ0) is 19.9. The lowest BCUT2D eigenvalue weighted by Crippen LogP contribution is -2.14. The number of furan rings is 1. The molecule has 0 aliphatic rings. The Balaban J connectivity index is 1.62. The van der Waals surface area contributed by atoms with Crippen LogP contribution in [0.4, 0.5) is 0 Å². The van der Waals surface area contributed by atoms with Crippen molar-refractivity contribution in [2.24, 2.45) is 5.73 Å². The number of nitrogens with two attached hydrogens (primary N) is 1. The second kappa shape index (κ2) is 9.86. The van der Waals surface area contributed by atoms with Gasteiger partial charge >= 0.3 is 0 Å². The highest BCUT2D eigenvalue weighted by molar-refractivity contribution is 7.99. The van der Waals surface area contributed by atoms with Crippen molar-refractivity contribution in [2.45, 2.75) is 24.5 Å². The van der Waals surface area contributed by atoms with Gasteiger partial charge in [0, 0.05) is 23.6 Å². The number of primary amides is 1. The van der Waals surface area contributed by atoms with Gasteiger partial charge in [-0.1, -0.05) is 35.0 Å². The summed E-state index contributed by atoms with van der Waals surface area (Å²) < 4.78 is 13.0. The molecule has 0 spiro atoms. The van der Waals surface area contributed by atoms with Crippen LogP contribution in [0.5, 0.6) is 5.75 Å². The van der Waals surface area contributed by atoms with Gasteiger partial charge in [-0.25, -0.2) is 0 Å². The zero-order valence-electron chi connectivity index (χ0n) is 14.8. The molecule has 1 aromatic carbocycles. The third-order valence-corrected chi connectivity index (χ3v) is 5.21. The van der Waals surface area contributed by atoms with Crippen LogP contribution >= 0.6 is 35.0 Å². The van der Waals surface area contributed by atoms with Crippen molar-refractivity contribution in [1.82, 2.24) is 14.8 Å². The highest BCUT2D eigenvalue weighted by Crippen LogP contribution is 2.28. The fraction of sp³-hybridized carbons (Fsp3) is 0.278. The maximum Gasteiger partial charge on any atom is 0.217 e. The van der Waals surface area contributed by atoms with Gasteiger partial charge in [0.25, 0.3) is 0 Å². The summed E-state index contributed by atoms with van der Waals surface area (Å²) in [6.45, 7) is 0.899. The molecule has 0 aliphatic heterocycles. The topological polar surface area (TPSA) is 96.2 Å². The molecule has 0 radical (unpaired) electrons. The van der Waals surface area contributed by atoms with Crippen LogP contribution in [0, 0.1) is 0 Å². The molecule has 0 saturated heterocycles. The number of aromatic nitrogens is 3. The summed E-state index contributed by atoms with van der Waals surface area (Å²) in [6.07, 6.45) is 2.24. The molecule has 2 N–H and O–H groups in total. The van der Waals surface area contributed by atoms with E-state index in [9.17, 15) is 4.79 Å². The maximum atomic E-state index is 11.1. The van der Waals surface area contributed by atoms with E-state index in [0.717, 1.165) is 5.76 Å². The van der Waals surface area contributed by atoms with E-state index >= 15 is 0 Å². The Morgan fingerprint density at radius 3 is 2.86 bits per heavy atom. The fourth-order valence-electron chi connectivity index (χ4n) is 2.44. The smallest absolute Gasteiger partial charge is 0.217 e. The summed E-state index contributed by atoms with van der Waals surface area (Å²) in [5, 5.41) is 10.2. The molecule has 7 nitrogen and oxygen atoms in total. The lowest BCUT2D eigenvalue weighted by atomic mass is 10.3. The van der Waals surface area contributed by atoms with Crippen LogP contribution in [0.25, 0.3) is 0 Å². The van der Waals surface area contributed by atoms with Gasteiger partial charge in [0.05, 0.1) is 24.4 Å². The van der Waals surface area contributed by atoms with Crippen LogP contribution in [0.1, 0.15) is 18.0 Å². The van der Waals surface area contributed by atoms with E-state index in [2.05, 4.69) is 10.2 Å². The number of rotatable bonds is 10. The molecule has 148 valence electrons. The van der Waals surface area contributed by atoms with Gasteiger partial charge in [-0.3, -0.25) is 9.36 Å². The number of hydrogen-bond acceptors (Lipinski definition) is 6. The predicted octanol–water partition coefficient (Wildman–Crippen LogP) is 3.82. The standard InChI is InChI=1S/C18H18Cl2N4O3S/c19-12-3-4-15(14(20)10-12)27-8-9-28-18-23-22-17(6-5-16(21)25)24(18)11-13-2-1-7-26-13/h1-4,7,10H,5-6,8-9,11H2,(H2,21,25). The Morgan fingerprint density at radius 1 is 1.29 bits per heavy atom. The number of thioether (sulfide) groups is 1. The number of hydrogen-bond donors (Lipinski definition) is 1. The highest BCUT2D eigenvalue weighted by atomic mass is 35.5. The molecule has 3 aromatic rings. The molecule has 10 heteroatoms. The summed E-state index contributed by atoms with van der Waals surface area (Å²) in [5.41, 5.74) is 5.25. The molecular formula is C18H18Cl2N4O3S. The van der Waals surface area contributed by atoms with E-state index in [4.69, 9.17) is 38.1 Å². The van der Waals surface area contributed by atoms with Gasteiger partial charge in [-0.05, 0) is 30.3 Å². The lowest BCUT2D eigenvalue weighted by Gasteiger charge is -2.10. The van der Waals surface area contributed by atoms with Crippen LogP contribution < -0.4 is 10.5 Å². The van der Waals surface area contributed by atoms with E-state index in [1.807, 2.05) is 16.7 Å². The van der Waals surface area contributed by atoms with Gasteiger partial charge in [-0.15, -0.1) is 10.2 Å². The van der Waals surface area contributed by atoms with Crippen molar-refractivity contribution < 1.29 is 13.9 Å². The van der Waals surface area contributed by atoms with Crippen LogP contribution in [0.2, 0.25) is 10.0 Å². The molecule has 0 aliphatic carbocycles. The predicted molar refractivity (Wildman–Crippen MR) is 108 cm³/mol. The average molecular weight is 441 g/mol. The number of ether oxygens (including phenoxy) is 1. The van der Waals surface area contributed by atoms with Crippen LogP contribution in [0.15, 0.2) is 46.2 Å². The zero-order valence-corrected chi connectivity index (χ0v) is 17.1. The second-order valence-corrected chi connectivity index (χ2v) is 7.71. The third-order valence-electron chi connectivity index (χ3n) is 3.75. The largest absolute Gasteiger partial charge is 0.491 e. The number of benzene rings is 1. The molecule has 0 saturated carbocycles. The number of nitrogens with zero attached hydrogens (tertiary/aromatic N) is 3. The van der Waals surface area contributed by atoms with Crippen molar-refractivity contribution in [2.75, 3.05) is 12.4 Å². The van der Waals surface area contributed by atoms with E-state index < -0.39 is 0 Å². The van der Waals surface area contributed by atoms with Crippen molar-refractivity contribution in [3.05, 3.63) is 58.2 Å². The molecule has 28 heavy (non-hydrogen) atoms. The average Bonchev–Trinajstić information content (AvgIpc) is 3.29. The van der Waals surface area contributed by atoms with Gasteiger partial charge in [0.1, 0.15) is 17.3 Å². The van der Waals surface area contributed by atoms with Crippen LogP contribution in [-0.4, -0.2) is 33.0 Å². The second-order valence-electron chi connectivity index (χ2n) is 5.80. The Morgan fingerprint density at radius 2 is 2.14 bits per heavy atom. The number of carbonyl (C=O) groups excluding carboxylic acids is 1. The first-order valence-electron chi connectivity index (χ1n) is 8.46. The number of amides is 1. The first-order chi connectivity index (χ1) is 13.5. The molecule has 0 fully saturated rings. The monoisotopic (exact) mass is 440 g/mol. The lowest BCUT2D eigenvalue weighted by molar-refractivity contribution is -0.118. The summed E-state index contributed by atoms with van der Waals surface area (Å²) in [4.78, 5) is 11.1. The highest BCUT2D eigenvalue weighted by Gasteiger charge is 2.15. The van der Waals surface area contributed by atoms with E-state index in [1.165, 1.54) is 11.8 Å². The van der Waals surface area contributed by atoms with Gasteiger partial charge in [0.15, 0.2) is 5.16 Å². The molecule has 3 rings (SSSR count). The molecular weight excluding hydrogens is 423 g/mol. The van der Waals surface area contributed by atoms with Crippen molar-refractivity contribution in [3.63, 3.8) is 0 Å². The Hall–Kier alpha value is -2.16. The first-order valence-corrected chi connectivity index (χ1v) is 10.2. The minimum Gasteiger partial charge on any atom is -0.491 e. The molecule has 0 unspecified atom stereocenters. The summed E-state index contributed by atoms with van der Waals surface area (Å²) in [5.74, 6) is 2.27. The van der Waals surface area contributed by atoms with Crippen molar-refractivity contribution >= 4 is 40.9 Å². The molecule has 0 bridgehead atoms. The summed E-state index contributed by atoms with van der Waals surface area (Å²) >= 11 is 13.5. The van der Waals surface area contributed by atoms with Gasteiger partial charge < -0.3 is 14.9 Å². The first kappa shape index (κ1) is 20.6. The van der Waals surface area contributed by atoms with E-state index in [1.54, 1.807) is 24.5 Å². The molecule has 1 amide bonds. The van der Waals surface area contributed by atoms with Crippen molar-refractivity contribution in [3.8, 4) is 5.75 Å². The van der Waals surface area contributed by atoms with Crippen LogP contribution in [0.3, 0.4) is 0 Å². The van der Waals surface area contributed by atoms with Gasteiger partial charge in [0.2, 0.25) is 5.91 Å². The number of carbonyl (C=O) groups is 1.